The predicted octanol–water partition coefficient (Wildman–Crippen LogP) is 3.81. The molecule has 1 rings (SSSR count). The van der Waals surface area contributed by atoms with Crippen molar-refractivity contribution in [2.24, 2.45) is 0 Å². The van der Waals surface area contributed by atoms with E-state index in [1.165, 1.54) is 16.0 Å². The Morgan fingerprint density at radius 2 is 1.86 bits per heavy atom. The van der Waals surface area contributed by atoms with Crippen LogP contribution < -0.4 is 4.74 Å². The Bertz CT molecular complexity index is 318. The Labute approximate surface area is 90.9 Å². The van der Waals surface area contributed by atoms with Crippen molar-refractivity contribution in [3.8, 4) is 5.75 Å². The molecule has 78 valence electrons. The Morgan fingerprint density at radius 3 is 2.36 bits per heavy atom. The van der Waals surface area contributed by atoms with E-state index in [0.717, 1.165) is 5.75 Å². The van der Waals surface area contributed by atoms with E-state index in [2.05, 4.69) is 46.1 Å². The molecule has 0 spiro atoms. The molecule has 0 bridgehead atoms. The van der Waals surface area contributed by atoms with E-state index in [0.29, 0.717) is 0 Å². The number of benzene rings is 1. The number of ether oxygens (including phenoxy) is 1. The molecule has 2 heteroatoms. The Morgan fingerprint density at radius 1 is 1.21 bits per heavy atom. The van der Waals surface area contributed by atoms with E-state index in [1.807, 2.05) is 0 Å². The van der Waals surface area contributed by atoms with Gasteiger partial charge in [-0.3, -0.25) is 0 Å². The first kappa shape index (κ1) is 11.4. The van der Waals surface area contributed by atoms with Gasteiger partial charge in [0.1, 0.15) is 5.75 Å². The number of hydrogen-bond acceptors (Lipinski definition) is 2. The molecule has 0 aliphatic rings. The van der Waals surface area contributed by atoms with Crippen molar-refractivity contribution in [1.29, 1.82) is 0 Å². The molecule has 0 saturated heterocycles. The summed E-state index contributed by atoms with van der Waals surface area (Å²) in [5.74, 6) is 1.02. The van der Waals surface area contributed by atoms with Crippen molar-refractivity contribution in [2.75, 3.05) is 6.26 Å². The summed E-state index contributed by atoms with van der Waals surface area (Å²) in [5.41, 5.74) is 2.51. The van der Waals surface area contributed by atoms with Gasteiger partial charge in [-0.25, -0.2) is 0 Å². The smallest absolute Gasteiger partial charge is 0.123 e. The lowest BCUT2D eigenvalue weighted by molar-refractivity contribution is 0.240. The quantitative estimate of drug-likeness (QED) is 0.702. The third-order valence-corrected chi connectivity index (χ3v) is 2.90. The number of aryl methyl sites for hydroxylation is 1. The van der Waals surface area contributed by atoms with Crippen molar-refractivity contribution >= 4 is 11.8 Å². The summed E-state index contributed by atoms with van der Waals surface area (Å²) in [7, 11) is 0. The minimum atomic E-state index is 0.241. The summed E-state index contributed by atoms with van der Waals surface area (Å²) in [5, 5.41) is 0. The molecule has 0 amide bonds. The molecule has 0 fully saturated rings. The van der Waals surface area contributed by atoms with Crippen LogP contribution in [-0.2, 0) is 0 Å². The predicted molar refractivity (Wildman–Crippen MR) is 63.5 cm³/mol. The third kappa shape index (κ3) is 2.68. The van der Waals surface area contributed by atoms with E-state index in [4.69, 9.17) is 4.74 Å². The number of thioether (sulfide) groups is 1. The zero-order valence-electron chi connectivity index (χ0n) is 9.55. The van der Waals surface area contributed by atoms with Gasteiger partial charge in [-0.15, -0.1) is 11.8 Å². The molecular formula is C12H18OS. The fourth-order valence-electron chi connectivity index (χ4n) is 1.38. The molecule has 0 N–H and O–H groups in total. The number of hydrogen-bond donors (Lipinski definition) is 0. The first-order valence-electron chi connectivity index (χ1n) is 4.86. The van der Waals surface area contributed by atoms with E-state index in [-0.39, 0.29) is 6.10 Å². The van der Waals surface area contributed by atoms with Gasteiger partial charge < -0.3 is 4.74 Å². The zero-order valence-corrected chi connectivity index (χ0v) is 10.4. The van der Waals surface area contributed by atoms with Crippen molar-refractivity contribution in [2.45, 2.75) is 38.7 Å². The molecule has 0 aromatic heterocycles. The average Bonchev–Trinajstić information content (AvgIpc) is 2.09. The van der Waals surface area contributed by atoms with Crippen molar-refractivity contribution in [1.82, 2.24) is 0 Å². The van der Waals surface area contributed by atoms with Crippen LogP contribution in [0.1, 0.15) is 25.0 Å². The molecule has 1 aromatic carbocycles. The zero-order chi connectivity index (χ0) is 10.7. The Hall–Kier alpha value is -0.630. The summed E-state index contributed by atoms with van der Waals surface area (Å²) in [6.07, 6.45) is 2.34. The van der Waals surface area contributed by atoms with Gasteiger partial charge in [-0.2, -0.15) is 0 Å². The van der Waals surface area contributed by atoms with Crippen LogP contribution in [0.3, 0.4) is 0 Å². The van der Waals surface area contributed by atoms with Crippen molar-refractivity contribution in [3.05, 3.63) is 23.3 Å². The van der Waals surface area contributed by atoms with Crippen LogP contribution in [0.2, 0.25) is 0 Å². The molecule has 0 unspecified atom stereocenters. The van der Waals surface area contributed by atoms with E-state index in [9.17, 15) is 0 Å². The molecule has 0 heterocycles. The Kier molecular flexibility index (Phi) is 3.87. The summed E-state index contributed by atoms with van der Waals surface area (Å²) < 4.78 is 5.75. The van der Waals surface area contributed by atoms with Crippen molar-refractivity contribution in [3.63, 3.8) is 0 Å². The van der Waals surface area contributed by atoms with Gasteiger partial charge in [0.2, 0.25) is 0 Å². The molecular weight excluding hydrogens is 192 g/mol. The summed E-state index contributed by atoms with van der Waals surface area (Å²) in [6, 6.07) is 4.31. The summed E-state index contributed by atoms with van der Waals surface area (Å²) in [4.78, 5) is 1.31. The van der Waals surface area contributed by atoms with Gasteiger partial charge in [0.15, 0.2) is 0 Å². The molecule has 0 atom stereocenters. The largest absolute Gasteiger partial charge is 0.491 e. The minimum Gasteiger partial charge on any atom is -0.491 e. The normalized spacial score (nSPS) is 10.7. The van der Waals surface area contributed by atoms with Crippen molar-refractivity contribution < 1.29 is 4.74 Å². The maximum atomic E-state index is 5.75. The van der Waals surface area contributed by atoms with Crippen LogP contribution in [-0.4, -0.2) is 12.4 Å². The highest BCUT2D eigenvalue weighted by Gasteiger charge is 2.07. The highest BCUT2D eigenvalue weighted by molar-refractivity contribution is 7.98. The molecule has 14 heavy (non-hydrogen) atoms. The maximum absolute atomic E-state index is 5.75. The maximum Gasteiger partial charge on any atom is 0.123 e. The third-order valence-electron chi connectivity index (χ3n) is 2.04. The Balaban J connectivity index is 3.08. The minimum absolute atomic E-state index is 0.241. The van der Waals surface area contributed by atoms with Crippen LogP contribution in [0.25, 0.3) is 0 Å². The van der Waals surface area contributed by atoms with Gasteiger partial charge in [0, 0.05) is 10.5 Å². The molecule has 1 aromatic rings. The average molecular weight is 210 g/mol. The van der Waals surface area contributed by atoms with Gasteiger partial charge in [-0.1, -0.05) is 0 Å². The van der Waals surface area contributed by atoms with Crippen LogP contribution in [0.15, 0.2) is 17.0 Å². The molecule has 0 saturated carbocycles. The lowest BCUT2D eigenvalue weighted by Gasteiger charge is -2.15. The van der Waals surface area contributed by atoms with Gasteiger partial charge in [-0.05, 0) is 51.6 Å². The lowest BCUT2D eigenvalue weighted by Crippen LogP contribution is -2.07. The standard InChI is InChI=1S/C12H18OS/c1-8(2)13-11-6-9(3)7-12(14-5)10(11)4/h6-8H,1-5H3. The molecule has 1 nitrogen and oxygen atoms in total. The first-order valence-corrected chi connectivity index (χ1v) is 6.09. The topological polar surface area (TPSA) is 9.23 Å². The second kappa shape index (κ2) is 4.74. The van der Waals surface area contributed by atoms with Gasteiger partial charge in [0.05, 0.1) is 6.10 Å². The van der Waals surface area contributed by atoms with E-state index < -0.39 is 0 Å². The van der Waals surface area contributed by atoms with Gasteiger partial charge in [0.25, 0.3) is 0 Å². The van der Waals surface area contributed by atoms with Crippen LogP contribution in [0, 0.1) is 13.8 Å². The van der Waals surface area contributed by atoms with Crippen LogP contribution in [0.4, 0.5) is 0 Å². The fourth-order valence-corrected chi connectivity index (χ4v) is 2.09. The van der Waals surface area contributed by atoms with Crippen LogP contribution >= 0.6 is 11.8 Å². The highest BCUT2D eigenvalue weighted by atomic mass is 32.2. The van der Waals surface area contributed by atoms with Crippen LogP contribution in [0.5, 0.6) is 5.75 Å². The number of rotatable bonds is 3. The summed E-state index contributed by atoms with van der Waals surface area (Å²) in [6.45, 7) is 8.33. The highest BCUT2D eigenvalue weighted by Crippen LogP contribution is 2.30. The lowest BCUT2D eigenvalue weighted by atomic mass is 10.1. The fraction of sp³-hybridized carbons (Fsp3) is 0.500. The van der Waals surface area contributed by atoms with E-state index in [1.54, 1.807) is 11.8 Å². The molecule has 0 aliphatic carbocycles. The summed E-state index contributed by atoms with van der Waals surface area (Å²) >= 11 is 1.77. The van der Waals surface area contributed by atoms with E-state index >= 15 is 0 Å². The second-order valence-electron chi connectivity index (χ2n) is 3.76. The molecule has 0 radical (unpaired) electrons. The first-order chi connectivity index (χ1) is 6.54. The van der Waals surface area contributed by atoms with Gasteiger partial charge >= 0.3 is 0 Å². The molecule has 0 aliphatic heterocycles. The monoisotopic (exact) mass is 210 g/mol. The SMILES string of the molecule is CSc1cc(C)cc(OC(C)C)c1C. The second-order valence-corrected chi connectivity index (χ2v) is 4.60.